The molecular weight excluding hydrogens is 401 g/mol. The third-order valence-corrected chi connectivity index (χ3v) is 5.05. The Morgan fingerprint density at radius 3 is 2.96 bits per heavy atom. The highest BCUT2D eigenvalue weighted by molar-refractivity contribution is 9.10. The summed E-state index contributed by atoms with van der Waals surface area (Å²) in [4.78, 5) is 16.2. The number of rotatable bonds is 2. The predicted octanol–water partition coefficient (Wildman–Crippen LogP) is 3.93. The molecule has 2 aliphatic rings. The fraction of sp³-hybridized carbons (Fsp3) is 0.250. The van der Waals surface area contributed by atoms with Crippen molar-refractivity contribution in [2.24, 2.45) is 5.92 Å². The number of carbonyl (C=O) groups is 1. The van der Waals surface area contributed by atoms with E-state index in [9.17, 15) is 9.18 Å². The van der Waals surface area contributed by atoms with Crippen LogP contribution >= 0.6 is 27.5 Å². The van der Waals surface area contributed by atoms with Crippen molar-refractivity contribution >= 4 is 39.4 Å². The lowest BCUT2D eigenvalue weighted by Gasteiger charge is -2.17. The molecule has 2 amide bonds. The molecule has 0 saturated heterocycles. The molecule has 2 N–H and O–H groups in total. The maximum absolute atomic E-state index is 14.1. The Morgan fingerprint density at radius 1 is 1.38 bits per heavy atom. The van der Waals surface area contributed by atoms with Gasteiger partial charge in [-0.1, -0.05) is 11.6 Å². The number of nitrogens with zero attached hydrogens (tertiary/aromatic N) is 1. The first-order valence-corrected chi connectivity index (χ1v) is 8.51. The van der Waals surface area contributed by atoms with Gasteiger partial charge in [-0.2, -0.15) is 0 Å². The van der Waals surface area contributed by atoms with Crippen molar-refractivity contribution in [3.05, 3.63) is 51.3 Å². The molecule has 124 valence electrons. The molecule has 1 aromatic heterocycles. The highest BCUT2D eigenvalue weighted by atomic mass is 79.9. The van der Waals surface area contributed by atoms with Crippen molar-refractivity contribution in [3.63, 3.8) is 0 Å². The molecule has 24 heavy (non-hydrogen) atoms. The zero-order chi connectivity index (χ0) is 16.8. The van der Waals surface area contributed by atoms with Crippen LogP contribution in [-0.2, 0) is 0 Å². The van der Waals surface area contributed by atoms with E-state index >= 15 is 0 Å². The Balaban J connectivity index is 1.47. The average Bonchev–Trinajstić information content (AvgIpc) is 3.26. The predicted molar refractivity (Wildman–Crippen MR) is 91.0 cm³/mol. The minimum Gasteiger partial charge on any atom is -0.491 e. The molecule has 0 bridgehead atoms. The number of pyridine rings is 1. The molecule has 2 aromatic rings. The maximum atomic E-state index is 14.1. The smallest absolute Gasteiger partial charge is 0.320 e. The number of hydrogen-bond acceptors (Lipinski definition) is 3. The number of anilines is 1. The summed E-state index contributed by atoms with van der Waals surface area (Å²) >= 11 is 9.35. The summed E-state index contributed by atoms with van der Waals surface area (Å²) in [7, 11) is 0. The van der Waals surface area contributed by atoms with Crippen molar-refractivity contribution in [1.29, 1.82) is 0 Å². The van der Waals surface area contributed by atoms with Crippen molar-refractivity contribution in [2.75, 3.05) is 11.9 Å². The molecular formula is C16H12BrClFN3O2. The summed E-state index contributed by atoms with van der Waals surface area (Å²) < 4.78 is 20.5. The maximum Gasteiger partial charge on any atom is 0.320 e. The van der Waals surface area contributed by atoms with E-state index in [2.05, 4.69) is 31.5 Å². The zero-order valence-electron chi connectivity index (χ0n) is 12.2. The molecule has 1 aliphatic heterocycles. The number of halogens is 3. The third kappa shape index (κ3) is 2.71. The van der Waals surface area contributed by atoms with E-state index < -0.39 is 0 Å². The Kier molecular flexibility index (Phi) is 3.85. The SMILES string of the molecule is O=C(Nc1ccc(Br)cn1)NC1C2COc3c(Cl)ccc(F)c3C21. The van der Waals surface area contributed by atoms with Crippen LogP contribution in [0.25, 0.3) is 0 Å². The van der Waals surface area contributed by atoms with E-state index in [4.69, 9.17) is 16.3 Å². The molecule has 4 rings (SSSR count). The van der Waals surface area contributed by atoms with Gasteiger partial charge in [-0.05, 0) is 40.2 Å². The van der Waals surface area contributed by atoms with Gasteiger partial charge in [0.2, 0.25) is 0 Å². The van der Waals surface area contributed by atoms with Crippen LogP contribution in [0.4, 0.5) is 15.0 Å². The van der Waals surface area contributed by atoms with Gasteiger partial charge in [-0.25, -0.2) is 14.2 Å². The minimum absolute atomic E-state index is 0.0501. The molecule has 0 radical (unpaired) electrons. The topological polar surface area (TPSA) is 63.2 Å². The standard InChI is InChI=1S/C16H12BrClFN3O2/c17-7-1-4-11(20-5-7)21-16(23)22-14-8-6-24-15-9(18)2-3-10(19)13(15)12(8)14/h1-5,8,12,14H,6H2,(H2,20,21,22,23). The Morgan fingerprint density at radius 2 is 2.21 bits per heavy atom. The Hall–Kier alpha value is -1.86. The van der Waals surface area contributed by atoms with Gasteiger partial charge in [0.25, 0.3) is 0 Å². The van der Waals surface area contributed by atoms with Crippen LogP contribution < -0.4 is 15.4 Å². The van der Waals surface area contributed by atoms with Gasteiger partial charge < -0.3 is 10.1 Å². The van der Waals surface area contributed by atoms with Crippen LogP contribution in [0.3, 0.4) is 0 Å². The van der Waals surface area contributed by atoms with E-state index in [-0.39, 0.29) is 29.7 Å². The van der Waals surface area contributed by atoms with Gasteiger partial charge in [0.15, 0.2) is 0 Å². The van der Waals surface area contributed by atoms with Gasteiger partial charge in [0.1, 0.15) is 17.4 Å². The van der Waals surface area contributed by atoms with Gasteiger partial charge in [0, 0.05) is 34.1 Å². The fourth-order valence-electron chi connectivity index (χ4n) is 3.11. The number of nitrogens with one attached hydrogen (secondary N) is 2. The van der Waals surface area contributed by atoms with Crippen LogP contribution in [-0.4, -0.2) is 23.7 Å². The molecule has 1 aromatic carbocycles. The second-order valence-corrected chi connectivity index (χ2v) is 7.08. The minimum atomic E-state index is -0.381. The summed E-state index contributed by atoms with van der Waals surface area (Å²) in [5, 5.41) is 5.90. The molecule has 3 unspecified atom stereocenters. The van der Waals surface area contributed by atoms with Crippen molar-refractivity contribution in [1.82, 2.24) is 10.3 Å². The lowest BCUT2D eigenvalue weighted by atomic mass is 10.1. The molecule has 3 atom stereocenters. The molecule has 1 fully saturated rings. The van der Waals surface area contributed by atoms with Gasteiger partial charge >= 0.3 is 6.03 Å². The first kappa shape index (κ1) is 15.7. The zero-order valence-corrected chi connectivity index (χ0v) is 14.6. The van der Waals surface area contributed by atoms with Gasteiger partial charge in [-0.3, -0.25) is 5.32 Å². The lowest BCUT2D eigenvalue weighted by molar-refractivity contribution is 0.249. The van der Waals surface area contributed by atoms with E-state index in [1.54, 1.807) is 18.3 Å². The van der Waals surface area contributed by atoms with Crippen molar-refractivity contribution < 1.29 is 13.9 Å². The first-order valence-electron chi connectivity index (χ1n) is 7.34. The first-order chi connectivity index (χ1) is 11.5. The van der Waals surface area contributed by atoms with Crippen LogP contribution in [0, 0.1) is 11.7 Å². The average molecular weight is 413 g/mol. The van der Waals surface area contributed by atoms with E-state index in [0.717, 1.165) is 4.47 Å². The highest BCUT2D eigenvalue weighted by Crippen LogP contribution is 2.56. The van der Waals surface area contributed by atoms with Gasteiger partial charge in [0.05, 0.1) is 11.6 Å². The van der Waals surface area contributed by atoms with Crippen LogP contribution in [0.15, 0.2) is 34.9 Å². The molecule has 5 nitrogen and oxygen atoms in total. The number of ether oxygens (including phenoxy) is 1. The van der Waals surface area contributed by atoms with E-state index in [1.165, 1.54) is 12.1 Å². The molecule has 2 heterocycles. The van der Waals surface area contributed by atoms with Gasteiger partial charge in [-0.15, -0.1) is 0 Å². The monoisotopic (exact) mass is 411 g/mol. The number of fused-ring (bicyclic) bond motifs is 3. The van der Waals surface area contributed by atoms with E-state index in [1.807, 2.05) is 0 Å². The number of hydrogen-bond donors (Lipinski definition) is 2. The number of benzene rings is 1. The number of amides is 2. The largest absolute Gasteiger partial charge is 0.491 e. The third-order valence-electron chi connectivity index (χ3n) is 4.28. The summed E-state index contributed by atoms with van der Waals surface area (Å²) in [5.41, 5.74) is 0.450. The number of carbonyl (C=O) groups excluding carboxylic acids is 1. The van der Waals surface area contributed by atoms with Crippen LogP contribution in [0.1, 0.15) is 11.5 Å². The normalized spacial score (nSPS) is 23.5. The highest BCUT2D eigenvalue weighted by Gasteiger charge is 2.57. The fourth-order valence-corrected chi connectivity index (χ4v) is 3.56. The van der Waals surface area contributed by atoms with Crippen LogP contribution in [0.5, 0.6) is 5.75 Å². The summed E-state index contributed by atoms with van der Waals surface area (Å²) in [5.74, 6) is 0.399. The Bertz CT molecular complexity index is 818. The second-order valence-electron chi connectivity index (χ2n) is 5.76. The quantitative estimate of drug-likeness (QED) is 0.785. The second kappa shape index (κ2) is 5.89. The van der Waals surface area contributed by atoms with Crippen molar-refractivity contribution in [3.8, 4) is 5.75 Å². The van der Waals surface area contributed by atoms with Crippen LogP contribution in [0.2, 0.25) is 5.02 Å². The number of aromatic nitrogens is 1. The summed E-state index contributed by atoms with van der Waals surface area (Å²) in [6.45, 7) is 0.405. The number of urea groups is 1. The lowest BCUT2D eigenvalue weighted by Crippen LogP contribution is -2.32. The Labute approximate surface area is 150 Å². The summed E-state index contributed by atoms with van der Waals surface area (Å²) in [6.07, 6.45) is 1.59. The summed E-state index contributed by atoms with van der Waals surface area (Å²) in [6, 6.07) is 5.70. The molecule has 1 saturated carbocycles. The van der Waals surface area contributed by atoms with E-state index in [0.29, 0.717) is 28.8 Å². The molecule has 1 aliphatic carbocycles. The van der Waals surface area contributed by atoms with Crippen molar-refractivity contribution in [2.45, 2.75) is 12.0 Å². The molecule has 0 spiro atoms. The molecule has 8 heteroatoms.